The molecule has 3 nitrogen and oxygen atoms in total. The minimum absolute atomic E-state index is 0.179. The molecule has 1 aromatic rings. The molecule has 4 heteroatoms. The summed E-state index contributed by atoms with van der Waals surface area (Å²) in [6, 6.07) is 5.29. The van der Waals surface area contributed by atoms with Crippen molar-refractivity contribution in [3.8, 4) is 5.75 Å². The van der Waals surface area contributed by atoms with Crippen LogP contribution in [0.15, 0.2) is 18.2 Å². The molecule has 0 saturated carbocycles. The maximum absolute atomic E-state index is 8.99. The monoisotopic (exact) mass is 192 g/mol. The maximum atomic E-state index is 8.99. The van der Waals surface area contributed by atoms with Crippen molar-refractivity contribution in [2.45, 2.75) is 25.9 Å². The molecule has 14 heavy (non-hydrogen) atoms. The Morgan fingerprint density at radius 2 is 2.07 bits per heavy atom. The number of ether oxygens (including phenoxy) is 1. The van der Waals surface area contributed by atoms with Crippen molar-refractivity contribution >= 4 is 12.6 Å². The Morgan fingerprint density at radius 1 is 1.36 bits per heavy atom. The zero-order chi connectivity index (χ0) is 10.3. The van der Waals surface area contributed by atoms with Crippen LogP contribution in [0.4, 0.5) is 0 Å². The molecular formula is C10H13BO3. The highest BCUT2D eigenvalue weighted by molar-refractivity contribution is 6.58. The van der Waals surface area contributed by atoms with Crippen molar-refractivity contribution < 1.29 is 14.8 Å². The molecule has 0 saturated heterocycles. The van der Waals surface area contributed by atoms with Gasteiger partial charge in [0.15, 0.2) is 0 Å². The molecule has 74 valence electrons. The average molecular weight is 192 g/mol. The Kier molecular flexibility index (Phi) is 2.05. The predicted octanol–water partition coefficient (Wildman–Crippen LogP) is 0.0799. The number of fused-ring (bicyclic) bond motifs is 1. The van der Waals surface area contributed by atoms with Gasteiger partial charge in [-0.3, -0.25) is 0 Å². The highest BCUT2D eigenvalue weighted by atomic mass is 16.5. The first-order chi connectivity index (χ1) is 6.48. The summed E-state index contributed by atoms with van der Waals surface area (Å²) in [5, 5.41) is 18.0. The molecule has 0 aliphatic carbocycles. The van der Waals surface area contributed by atoms with Crippen molar-refractivity contribution in [1.82, 2.24) is 0 Å². The van der Waals surface area contributed by atoms with Crippen LogP contribution in [0.1, 0.15) is 19.4 Å². The van der Waals surface area contributed by atoms with Crippen LogP contribution in [0, 0.1) is 0 Å². The van der Waals surface area contributed by atoms with E-state index in [4.69, 9.17) is 14.8 Å². The van der Waals surface area contributed by atoms with E-state index in [0.717, 1.165) is 17.7 Å². The number of hydrogen-bond donors (Lipinski definition) is 2. The van der Waals surface area contributed by atoms with Crippen molar-refractivity contribution in [2.24, 2.45) is 0 Å². The lowest BCUT2D eigenvalue weighted by Crippen LogP contribution is -2.29. The van der Waals surface area contributed by atoms with Gasteiger partial charge in [-0.15, -0.1) is 0 Å². The van der Waals surface area contributed by atoms with E-state index in [1.807, 2.05) is 19.9 Å². The molecule has 0 bridgehead atoms. The smallest absolute Gasteiger partial charge is 0.487 e. The standard InChI is InChI=1S/C10H13BO3/c1-10(2)6-7-3-4-8(11(12)13)5-9(7)14-10/h3-5,12-13H,6H2,1-2H3. The van der Waals surface area contributed by atoms with Crippen LogP contribution in [-0.2, 0) is 6.42 Å². The third-order valence-corrected chi connectivity index (χ3v) is 2.39. The third kappa shape index (κ3) is 1.63. The first-order valence-electron chi connectivity index (χ1n) is 4.66. The van der Waals surface area contributed by atoms with Gasteiger partial charge in [-0.05, 0) is 30.9 Å². The Balaban J connectivity index is 2.36. The van der Waals surface area contributed by atoms with Gasteiger partial charge >= 0.3 is 7.12 Å². The van der Waals surface area contributed by atoms with E-state index in [1.165, 1.54) is 0 Å². The minimum atomic E-state index is -1.42. The first-order valence-corrected chi connectivity index (χ1v) is 4.66. The van der Waals surface area contributed by atoms with Gasteiger partial charge in [0.2, 0.25) is 0 Å². The molecule has 0 amide bonds. The molecule has 2 N–H and O–H groups in total. The van der Waals surface area contributed by atoms with Crippen LogP contribution in [0.25, 0.3) is 0 Å². The zero-order valence-electron chi connectivity index (χ0n) is 8.32. The van der Waals surface area contributed by atoms with Crippen LogP contribution in [-0.4, -0.2) is 22.8 Å². The van der Waals surface area contributed by atoms with Crippen molar-refractivity contribution in [3.63, 3.8) is 0 Å². The lowest BCUT2D eigenvalue weighted by atomic mass is 9.80. The molecule has 1 aliphatic heterocycles. The summed E-state index contributed by atoms with van der Waals surface area (Å²) >= 11 is 0. The molecule has 0 atom stereocenters. The molecule has 0 radical (unpaired) electrons. The lowest BCUT2D eigenvalue weighted by Gasteiger charge is -2.16. The molecule has 0 unspecified atom stereocenters. The van der Waals surface area contributed by atoms with Crippen molar-refractivity contribution in [2.75, 3.05) is 0 Å². The van der Waals surface area contributed by atoms with E-state index in [0.29, 0.717) is 5.46 Å². The highest BCUT2D eigenvalue weighted by Gasteiger charge is 2.30. The molecule has 1 aromatic carbocycles. The van der Waals surface area contributed by atoms with Gasteiger partial charge in [-0.2, -0.15) is 0 Å². The molecule has 0 spiro atoms. The fraction of sp³-hybridized carbons (Fsp3) is 0.400. The second-order valence-corrected chi connectivity index (χ2v) is 4.28. The average Bonchev–Trinajstić information content (AvgIpc) is 2.36. The fourth-order valence-electron chi connectivity index (χ4n) is 1.77. The van der Waals surface area contributed by atoms with Gasteiger partial charge < -0.3 is 14.8 Å². The first kappa shape index (κ1) is 9.56. The van der Waals surface area contributed by atoms with Gasteiger partial charge in [0.25, 0.3) is 0 Å². The van der Waals surface area contributed by atoms with E-state index in [2.05, 4.69) is 0 Å². The van der Waals surface area contributed by atoms with Crippen molar-refractivity contribution in [1.29, 1.82) is 0 Å². The van der Waals surface area contributed by atoms with Crippen LogP contribution in [0.3, 0.4) is 0 Å². The molecule has 0 aromatic heterocycles. The fourth-order valence-corrected chi connectivity index (χ4v) is 1.77. The van der Waals surface area contributed by atoms with Crippen LogP contribution in [0.5, 0.6) is 5.75 Å². The van der Waals surface area contributed by atoms with Gasteiger partial charge in [0.05, 0.1) is 0 Å². The summed E-state index contributed by atoms with van der Waals surface area (Å²) in [6.07, 6.45) is 0.865. The van der Waals surface area contributed by atoms with Crippen LogP contribution in [0.2, 0.25) is 0 Å². The molecule has 2 rings (SSSR count). The summed E-state index contributed by atoms with van der Waals surface area (Å²) in [5.74, 6) is 0.764. The van der Waals surface area contributed by atoms with Crippen LogP contribution < -0.4 is 10.2 Å². The molecule has 1 heterocycles. The lowest BCUT2D eigenvalue weighted by molar-refractivity contribution is 0.138. The van der Waals surface area contributed by atoms with E-state index < -0.39 is 7.12 Å². The Morgan fingerprint density at radius 3 is 2.71 bits per heavy atom. The van der Waals surface area contributed by atoms with Gasteiger partial charge in [0, 0.05) is 6.42 Å². The Labute approximate surface area is 83.5 Å². The minimum Gasteiger partial charge on any atom is -0.487 e. The van der Waals surface area contributed by atoms with Gasteiger partial charge in [-0.25, -0.2) is 0 Å². The topological polar surface area (TPSA) is 49.7 Å². The summed E-state index contributed by atoms with van der Waals surface area (Å²) in [6.45, 7) is 4.03. The van der Waals surface area contributed by atoms with E-state index in [1.54, 1.807) is 12.1 Å². The second-order valence-electron chi connectivity index (χ2n) is 4.28. The van der Waals surface area contributed by atoms with E-state index in [9.17, 15) is 0 Å². The third-order valence-electron chi connectivity index (χ3n) is 2.39. The maximum Gasteiger partial charge on any atom is 0.488 e. The Hall–Kier alpha value is -0.995. The summed E-state index contributed by atoms with van der Waals surface area (Å²) in [7, 11) is -1.42. The number of benzene rings is 1. The van der Waals surface area contributed by atoms with E-state index in [-0.39, 0.29) is 5.60 Å². The highest BCUT2D eigenvalue weighted by Crippen LogP contribution is 2.33. The molecule has 0 fully saturated rings. The predicted molar refractivity (Wildman–Crippen MR) is 54.7 cm³/mol. The quantitative estimate of drug-likeness (QED) is 0.619. The summed E-state index contributed by atoms with van der Waals surface area (Å²) < 4.78 is 5.66. The summed E-state index contributed by atoms with van der Waals surface area (Å²) in [4.78, 5) is 0. The number of hydrogen-bond acceptors (Lipinski definition) is 3. The molecule has 1 aliphatic rings. The molecular weight excluding hydrogens is 179 g/mol. The summed E-state index contributed by atoms with van der Waals surface area (Å²) in [5.41, 5.74) is 1.42. The van der Waals surface area contributed by atoms with Gasteiger partial charge in [0.1, 0.15) is 11.4 Å². The van der Waals surface area contributed by atoms with Gasteiger partial charge in [-0.1, -0.05) is 12.1 Å². The second kappa shape index (κ2) is 3.00. The van der Waals surface area contributed by atoms with Crippen molar-refractivity contribution in [3.05, 3.63) is 23.8 Å². The zero-order valence-corrected chi connectivity index (χ0v) is 8.32. The Bertz CT molecular complexity index is 360. The van der Waals surface area contributed by atoms with Crippen LogP contribution >= 0.6 is 0 Å². The SMILES string of the molecule is CC1(C)Cc2ccc(B(O)O)cc2O1. The normalized spacial score (nSPS) is 17.4. The van der Waals surface area contributed by atoms with E-state index >= 15 is 0 Å². The number of rotatable bonds is 1. The largest absolute Gasteiger partial charge is 0.488 e.